The smallest absolute Gasteiger partial charge is 0.215 e. The summed E-state index contributed by atoms with van der Waals surface area (Å²) in [6.45, 7) is 0. The Hall–Kier alpha value is -0.640. The third-order valence-corrected chi connectivity index (χ3v) is 3.39. The second-order valence-electron chi connectivity index (χ2n) is 4.22. The van der Waals surface area contributed by atoms with E-state index in [1.54, 1.807) is 0 Å². The van der Waals surface area contributed by atoms with Crippen molar-refractivity contribution >= 4 is 12.2 Å². The normalized spacial score (nSPS) is 18.6. The molecule has 0 aliphatic heterocycles. The Kier molecular flexibility index (Phi) is 3.01. The Morgan fingerprint density at radius 2 is 2.14 bits per heavy atom. The van der Waals surface area contributed by atoms with Crippen molar-refractivity contribution in [2.45, 2.75) is 38.5 Å². The second-order valence-corrected chi connectivity index (χ2v) is 4.59. The first-order valence-electron chi connectivity index (χ1n) is 5.37. The number of hydrogen-bond acceptors (Lipinski definition) is 2. The van der Waals surface area contributed by atoms with E-state index in [0.717, 1.165) is 18.2 Å². The lowest BCUT2D eigenvalue weighted by Gasteiger charge is -2.19. The zero-order valence-electron chi connectivity index (χ0n) is 8.62. The molecule has 14 heavy (non-hydrogen) atoms. The van der Waals surface area contributed by atoms with Crippen molar-refractivity contribution in [3.63, 3.8) is 0 Å². The first kappa shape index (κ1) is 9.90. The molecule has 1 aromatic heterocycles. The van der Waals surface area contributed by atoms with E-state index < -0.39 is 0 Å². The SMILES string of the molecule is Cn1[nH]c(CC2CCCCC2)nc1=S. The quantitative estimate of drug-likeness (QED) is 0.763. The highest BCUT2D eigenvalue weighted by atomic mass is 32.1. The Bertz CT molecular complexity index is 346. The standard InChI is InChI=1S/C10H17N3S/c1-13-10(14)11-9(12-13)7-8-5-3-2-4-6-8/h8H,2-7H2,1H3,(H,11,12,14). The average Bonchev–Trinajstić information content (AvgIpc) is 2.47. The molecule has 0 amide bonds. The summed E-state index contributed by atoms with van der Waals surface area (Å²) < 4.78 is 2.48. The molecule has 0 radical (unpaired) electrons. The number of H-pyrrole nitrogens is 1. The molecular formula is C10H17N3S. The van der Waals surface area contributed by atoms with Crippen LogP contribution in [0.4, 0.5) is 0 Å². The van der Waals surface area contributed by atoms with Crippen LogP contribution in [0.1, 0.15) is 37.9 Å². The zero-order valence-corrected chi connectivity index (χ0v) is 9.44. The molecule has 1 aliphatic rings. The third-order valence-electron chi connectivity index (χ3n) is 3.02. The fourth-order valence-electron chi connectivity index (χ4n) is 2.21. The molecule has 0 bridgehead atoms. The summed E-state index contributed by atoms with van der Waals surface area (Å²) in [7, 11) is 1.92. The van der Waals surface area contributed by atoms with Gasteiger partial charge in [0.05, 0.1) is 0 Å². The summed E-state index contributed by atoms with van der Waals surface area (Å²) in [6, 6.07) is 0. The van der Waals surface area contributed by atoms with Crippen molar-refractivity contribution in [3.8, 4) is 0 Å². The number of nitrogens with zero attached hydrogens (tertiary/aromatic N) is 2. The highest BCUT2D eigenvalue weighted by Gasteiger charge is 2.15. The maximum atomic E-state index is 5.06. The minimum atomic E-state index is 0.663. The van der Waals surface area contributed by atoms with Gasteiger partial charge in [-0.1, -0.05) is 32.1 Å². The molecule has 2 rings (SSSR count). The van der Waals surface area contributed by atoms with E-state index in [0.29, 0.717) is 4.77 Å². The van der Waals surface area contributed by atoms with Crippen molar-refractivity contribution in [2.75, 3.05) is 0 Å². The number of nitrogens with one attached hydrogen (secondary N) is 1. The number of aromatic nitrogens is 3. The first-order valence-corrected chi connectivity index (χ1v) is 5.78. The van der Waals surface area contributed by atoms with Gasteiger partial charge in [-0.05, 0) is 18.1 Å². The van der Waals surface area contributed by atoms with Crippen LogP contribution in [-0.4, -0.2) is 14.8 Å². The average molecular weight is 211 g/mol. The molecule has 0 atom stereocenters. The summed E-state index contributed by atoms with van der Waals surface area (Å²) in [5.41, 5.74) is 0. The van der Waals surface area contributed by atoms with Gasteiger partial charge in [-0.15, -0.1) is 0 Å². The summed E-state index contributed by atoms with van der Waals surface area (Å²) in [5, 5.41) is 3.19. The molecule has 1 fully saturated rings. The molecule has 1 aromatic rings. The van der Waals surface area contributed by atoms with Crippen LogP contribution < -0.4 is 0 Å². The van der Waals surface area contributed by atoms with E-state index in [1.807, 2.05) is 11.7 Å². The van der Waals surface area contributed by atoms with E-state index in [9.17, 15) is 0 Å². The topological polar surface area (TPSA) is 33.6 Å². The minimum Gasteiger partial charge on any atom is -0.283 e. The van der Waals surface area contributed by atoms with Gasteiger partial charge in [-0.25, -0.2) is 4.98 Å². The van der Waals surface area contributed by atoms with Gasteiger partial charge in [-0.3, -0.25) is 9.78 Å². The first-order chi connectivity index (χ1) is 6.75. The Labute approximate surface area is 89.5 Å². The van der Waals surface area contributed by atoms with Crippen LogP contribution in [0, 0.1) is 10.7 Å². The van der Waals surface area contributed by atoms with Crippen LogP contribution in [0.15, 0.2) is 0 Å². The Morgan fingerprint density at radius 1 is 1.43 bits per heavy atom. The largest absolute Gasteiger partial charge is 0.283 e. The fourth-order valence-corrected chi connectivity index (χ4v) is 2.37. The second kappa shape index (κ2) is 4.26. The van der Waals surface area contributed by atoms with Gasteiger partial charge in [0, 0.05) is 13.5 Å². The Balaban J connectivity index is 1.99. The summed E-state index contributed by atoms with van der Waals surface area (Å²) in [4.78, 5) is 4.33. The van der Waals surface area contributed by atoms with Crippen molar-refractivity contribution < 1.29 is 0 Å². The van der Waals surface area contributed by atoms with Crippen molar-refractivity contribution in [2.24, 2.45) is 13.0 Å². The molecule has 1 heterocycles. The van der Waals surface area contributed by atoms with Crippen LogP contribution in [0.3, 0.4) is 0 Å². The maximum Gasteiger partial charge on any atom is 0.215 e. The molecule has 1 N–H and O–H groups in total. The van der Waals surface area contributed by atoms with E-state index in [4.69, 9.17) is 12.2 Å². The predicted octanol–water partition coefficient (Wildman–Crippen LogP) is 2.60. The Morgan fingerprint density at radius 3 is 2.71 bits per heavy atom. The van der Waals surface area contributed by atoms with Crippen LogP contribution in [0.5, 0.6) is 0 Å². The number of aryl methyl sites for hydroxylation is 1. The predicted molar refractivity (Wildman–Crippen MR) is 58.7 cm³/mol. The number of aromatic amines is 1. The molecule has 0 unspecified atom stereocenters. The highest BCUT2D eigenvalue weighted by Crippen LogP contribution is 2.25. The van der Waals surface area contributed by atoms with E-state index in [1.165, 1.54) is 32.1 Å². The maximum absolute atomic E-state index is 5.06. The molecule has 3 nitrogen and oxygen atoms in total. The number of hydrogen-bond donors (Lipinski definition) is 1. The lowest BCUT2D eigenvalue weighted by molar-refractivity contribution is 0.351. The summed E-state index contributed by atoms with van der Waals surface area (Å²) in [5.74, 6) is 1.88. The summed E-state index contributed by atoms with van der Waals surface area (Å²) >= 11 is 5.06. The van der Waals surface area contributed by atoms with Crippen molar-refractivity contribution in [1.29, 1.82) is 0 Å². The van der Waals surface area contributed by atoms with Gasteiger partial charge in [0.1, 0.15) is 5.82 Å². The molecule has 0 spiro atoms. The van der Waals surface area contributed by atoms with Gasteiger partial charge < -0.3 is 0 Å². The van der Waals surface area contributed by atoms with E-state index in [-0.39, 0.29) is 0 Å². The minimum absolute atomic E-state index is 0.663. The molecule has 4 heteroatoms. The molecule has 0 aromatic carbocycles. The number of rotatable bonds is 2. The van der Waals surface area contributed by atoms with Gasteiger partial charge >= 0.3 is 0 Å². The van der Waals surface area contributed by atoms with Crippen LogP contribution in [-0.2, 0) is 13.5 Å². The van der Waals surface area contributed by atoms with Gasteiger partial charge in [0.2, 0.25) is 4.77 Å². The third kappa shape index (κ3) is 2.23. The van der Waals surface area contributed by atoms with Crippen LogP contribution >= 0.6 is 12.2 Å². The molecule has 78 valence electrons. The zero-order chi connectivity index (χ0) is 9.97. The highest BCUT2D eigenvalue weighted by molar-refractivity contribution is 7.71. The van der Waals surface area contributed by atoms with Gasteiger partial charge in [0.25, 0.3) is 0 Å². The molecule has 1 saturated carbocycles. The summed E-state index contributed by atoms with van der Waals surface area (Å²) in [6.07, 6.45) is 7.98. The van der Waals surface area contributed by atoms with E-state index >= 15 is 0 Å². The van der Waals surface area contributed by atoms with Gasteiger partial charge in [0.15, 0.2) is 0 Å². The van der Waals surface area contributed by atoms with Gasteiger partial charge in [-0.2, -0.15) is 0 Å². The van der Waals surface area contributed by atoms with E-state index in [2.05, 4.69) is 10.1 Å². The molecular weight excluding hydrogens is 194 g/mol. The molecule has 0 saturated heterocycles. The van der Waals surface area contributed by atoms with Crippen LogP contribution in [0.25, 0.3) is 0 Å². The fraction of sp³-hybridized carbons (Fsp3) is 0.800. The molecule has 1 aliphatic carbocycles. The van der Waals surface area contributed by atoms with Crippen molar-refractivity contribution in [3.05, 3.63) is 10.6 Å². The lowest BCUT2D eigenvalue weighted by atomic mass is 9.87. The van der Waals surface area contributed by atoms with Crippen molar-refractivity contribution in [1.82, 2.24) is 14.8 Å². The van der Waals surface area contributed by atoms with Crippen LogP contribution in [0.2, 0.25) is 0 Å². The monoisotopic (exact) mass is 211 g/mol. The lowest BCUT2D eigenvalue weighted by Crippen LogP contribution is -2.10.